The van der Waals surface area contributed by atoms with Crippen molar-refractivity contribution in [3.8, 4) is 28.7 Å². The van der Waals surface area contributed by atoms with Crippen LogP contribution in [0.5, 0.6) is 28.7 Å². The molecule has 2 aromatic rings. The van der Waals surface area contributed by atoms with E-state index in [1.165, 1.54) is 7.11 Å². The zero-order chi connectivity index (χ0) is 24.2. The van der Waals surface area contributed by atoms with Crippen LogP contribution in [-0.2, 0) is 14.6 Å². The molecule has 182 valence electrons. The van der Waals surface area contributed by atoms with Crippen molar-refractivity contribution in [2.45, 2.75) is 29.9 Å². The summed E-state index contributed by atoms with van der Waals surface area (Å²) in [6.45, 7) is 0.414. The number of nitrogens with two attached hydrogens (primary N) is 1. The van der Waals surface area contributed by atoms with Crippen molar-refractivity contribution in [3.63, 3.8) is 0 Å². The SMILES string of the molecule is COc1cc([C@H]2CC[C@H](c3cc(OC)c(OCCN)c(S(C)(=O)=O)c3)O2)cc(OC)c1OC. The number of benzene rings is 2. The standard InChI is InChI=1S/C23H31NO8S/c1-27-18-10-14(11-19(28-2)22(18)30-4)16-6-7-17(32-16)15-12-20(29-3)23(31-9-8-24)21(13-15)33(5,25)26/h10-13,16-17H,6-9,24H2,1-5H3/t16-,17-/m1/s1. The van der Waals surface area contributed by atoms with Crippen LogP contribution in [0.3, 0.4) is 0 Å². The van der Waals surface area contributed by atoms with Crippen molar-refractivity contribution >= 4 is 9.84 Å². The van der Waals surface area contributed by atoms with Crippen LogP contribution in [-0.4, -0.2) is 56.3 Å². The molecule has 33 heavy (non-hydrogen) atoms. The molecule has 1 aliphatic rings. The molecule has 0 amide bonds. The van der Waals surface area contributed by atoms with Gasteiger partial charge < -0.3 is 34.2 Å². The first-order valence-electron chi connectivity index (χ1n) is 10.5. The van der Waals surface area contributed by atoms with E-state index >= 15 is 0 Å². The highest BCUT2D eigenvalue weighted by atomic mass is 32.2. The van der Waals surface area contributed by atoms with Gasteiger partial charge in [0.05, 0.1) is 40.6 Å². The Morgan fingerprint density at radius 3 is 1.76 bits per heavy atom. The van der Waals surface area contributed by atoms with Gasteiger partial charge in [-0.2, -0.15) is 0 Å². The number of hydrogen-bond donors (Lipinski definition) is 1. The summed E-state index contributed by atoms with van der Waals surface area (Å²) in [5.41, 5.74) is 7.10. The van der Waals surface area contributed by atoms with Gasteiger partial charge in [-0.1, -0.05) is 0 Å². The summed E-state index contributed by atoms with van der Waals surface area (Å²) >= 11 is 0. The van der Waals surface area contributed by atoms with Gasteiger partial charge >= 0.3 is 0 Å². The highest BCUT2D eigenvalue weighted by molar-refractivity contribution is 7.90. The van der Waals surface area contributed by atoms with Crippen LogP contribution >= 0.6 is 0 Å². The quantitative estimate of drug-likeness (QED) is 0.546. The van der Waals surface area contributed by atoms with Crippen LogP contribution in [0.25, 0.3) is 0 Å². The monoisotopic (exact) mass is 481 g/mol. The van der Waals surface area contributed by atoms with Crippen LogP contribution in [0.15, 0.2) is 29.2 Å². The highest BCUT2D eigenvalue weighted by Crippen LogP contribution is 2.47. The molecule has 10 heteroatoms. The number of rotatable bonds is 10. The van der Waals surface area contributed by atoms with E-state index in [0.717, 1.165) is 18.2 Å². The average molecular weight is 482 g/mol. The maximum Gasteiger partial charge on any atom is 0.203 e. The summed E-state index contributed by atoms with van der Waals surface area (Å²) in [5.74, 6) is 2.08. The Morgan fingerprint density at radius 1 is 0.848 bits per heavy atom. The number of methoxy groups -OCH3 is 4. The van der Waals surface area contributed by atoms with Gasteiger partial charge in [0.25, 0.3) is 0 Å². The fourth-order valence-electron chi connectivity index (χ4n) is 3.93. The molecule has 9 nitrogen and oxygen atoms in total. The van der Waals surface area contributed by atoms with Crippen LogP contribution in [0.1, 0.15) is 36.2 Å². The molecule has 2 N–H and O–H groups in total. The normalized spacial score (nSPS) is 18.1. The first kappa shape index (κ1) is 24.9. The minimum atomic E-state index is -3.59. The first-order valence-corrected chi connectivity index (χ1v) is 12.4. The lowest BCUT2D eigenvalue weighted by molar-refractivity contribution is 0.0435. The summed E-state index contributed by atoms with van der Waals surface area (Å²) in [5, 5.41) is 0. The van der Waals surface area contributed by atoms with Crippen LogP contribution in [0, 0.1) is 0 Å². The summed E-state index contributed by atoms with van der Waals surface area (Å²) in [6.07, 6.45) is 1.99. The van der Waals surface area contributed by atoms with Gasteiger partial charge in [0.2, 0.25) is 5.75 Å². The van der Waals surface area contributed by atoms with Gasteiger partial charge in [-0.05, 0) is 48.2 Å². The van der Waals surface area contributed by atoms with E-state index in [1.54, 1.807) is 33.5 Å². The maximum atomic E-state index is 12.5. The molecule has 1 saturated heterocycles. The first-order chi connectivity index (χ1) is 15.8. The summed E-state index contributed by atoms with van der Waals surface area (Å²) in [6, 6.07) is 7.07. The van der Waals surface area contributed by atoms with Gasteiger partial charge in [0.15, 0.2) is 32.8 Å². The Labute approximate surface area is 194 Å². The van der Waals surface area contributed by atoms with Crippen molar-refractivity contribution in [1.82, 2.24) is 0 Å². The second-order valence-corrected chi connectivity index (χ2v) is 9.59. The molecule has 0 spiro atoms. The van der Waals surface area contributed by atoms with Crippen molar-refractivity contribution in [3.05, 3.63) is 35.4 Å². The smallest absolute Gasteiger partial charge is 0.203 e. The molecule has 0 unspecified atom stereocenters. The highest BCUT2D eigenvalue weighted by Gasteiger charge is 2.32. The second kappa shape index (κ2) is 10.5. The predicted molar refractivity (Wildman–Crippen MR) is 123 cm³/mol. The van der Waals surface area contributed by atoms with Crippen LogP contribution in [0.2, 0.25) is 0 Å². The molecule has 2 aromatic carbocycles. The van der Waals surface area contributed by atoms with E-state index in [2.05, 4.69) is 0 Å². The minimum absolute atomic E-state index is 0.0464. The topological polar surface area (TPSA) is 116 Å². The van der Waals surface area contributed by atoms with Crippen LogP contribution in [0.4, 0.5) is 0 Å². The number of sulfone groups is 1. The Hall–Kier alpha value is -2.69. The zero-order valence-corrected chi connectivity index (χ0v) is 20.4. The third-order valence-electron chi connectivity index (χ3n) is 5.48. The van der Waals surface area contributed by atoms with Crippen molar-refractivity contribution < 1.29 is 36.8 Å². The average Bonchev–Trinajstić information content (AvgIpc) is 3.30. The lowest BCUT2D eigenvalue weighted by Gasteiger charge is -2.20. The molecular weight excluding hydrogens is 450 g/mol. The largest absolute Gasteiger partial charge is 0.493 e. The van der Waals surface area contributed by atoms with E-state index in [-0.39, 0.29) is 36.0 Å². The van der Waals surface area contributed by atoms with Crippen molar-refractivity contribution in [1.29, 1.82) is 0 Å². The second-order valence-electron chi connectivity index (χ2n) is 7.61. The van der Waals surface area contributed by atoms with E-state index in [1.807, 2.05) is 12.1 Å². The molecule has 2 atom stereocenters. The zero-order valence-electron chi connectivity index (χ0n) is 19.5. The maximum absolute atomic E-state index is 12.5. The van der Waals surface area contributed by atoms with E-state index in [9.17, 15) is 8.42 Å². The Morgan fingerprint density at radius 2 is 1.33 bits per heavy atom. The number of ether oxygens (including phenoxy) is 6. The molecule has 0 aromatic heterocycles. The molecule has 1 aliphatic heterocycles. The Bertz CT molecular complexity index is 1060. The van der Waals surface area contributed by atoms with Gasteiger partial charge in [-0.15, -0.1) is 0 Å². The lowest BCUT2D eigenvalue weighted by atomic mass is 10.0. The lowest BCUT2D eigenvalue weighted by Crippen LogP contribution is -2.14. The van der Waals surface area contributed by atoms with Crippen LogP contribution < -0.4 is 29.4 Å². The van der Waals surface area contributed by atoms with E-state index in [0.29, 0.717) is 35.0 Å². The van der Waals surface area contributed by atoms with Crippen molar-refractivity contribution in [2.24, 2.45) is 5.73 Å². The van der Waals surface area contributed by atoms with E-state index in [4.69, 9.17) is 34.2 Å². The van der Waals surface area contributed by atoms with Crippen molar-refractivity contribution in [2.75, 3.05) is 47.8 Å². The predicted octanol–water partition coefficient (Wildman–Crippen LogP) is 3.05. The molecule has 1 fully saturated rings. The van der Waals surface area contributed by atoms with Gasteiger partial charge in [0, 0.05) is 12.8 Å². The number of hydrogen-bond acceptors (Lipinski definition) is 9. The van der Waals surface area contributed by atoms with E-state index < -0.39 is 9.84 Å². The summed E-state index contributed by atoms with van der Waals surface area (Å²) in [4.78, 5) is 0.0464. The minimum Gasteiger partial charge on any atom is -0.493 e. The molecule has 0 saturated carbocycles. The van der Waals surface area contributed by atoms with Gasteiger partial charge in [0.1, 0.15) is 11.5 Å². The van der Waals surface area contributed by atoms with Gasteiger partial charge in [-0.3, -0.25) is 0 Å². The molecular formula is C23H31NO8S. The molecule has 3 rings (SSSR count). The molecule has 0 bridgehead atoms. The fraction of sp³-hybridized carbons (Fsp3) is 0.478. The van der Waals surface area contributed by atoms with Gasteiger partial charge in [-0.25, -0.2) is 8.42 Å². The fourth-order valence-corrected chi connectivity index (χ4v) is 4.77. The third kappa shape index (κ3) is 5.29. The molecule has 0 aliphatic carbocycles. The third-order valence-corrected chi connectivity index (χ3v) is 6.58. The Balaban J connectivity index is 1.95. The molecule has 0 radical (unpaired) electrons. The summed E-state index contributed by atoms with van der Waals surface area (Å²) < 4.78 is 58.7. The Kier molecular flexibility index (Phi) is 7.93. The summed E-state index contributed by atoms with van der Waals surface area (Å²) in [7, 11) is 2.55. The molecule has 1 heterocycles.